The molecule has 1 aromatic heterocycles. The number of carbonyl (C=O) groups is 1. The van der Waals surface area contributed by atoms with Crippen LogP contribution in [0, 0.1) is 0 Å². The van der Waals surface area contributed by atoms with E-state index in [1.807, 2.05) is 41.8 Å². The Morgan fingerprint density at radius 2 is 1.93 bits per heavy atom. The van der Waals surface area contributed by atoms with E-state index in [1.165, 1.54) is 11.8 Å². The van der Waals surface area contributed by atoms with Crippen molar-refractivity contribution in [3.8, 4) is 11.4 Å². The fourth-order valence-corrected chi connectivity index (χ4v) is 3.44. The summed E-state index contributed by atoms with van der Waals surface area (Å²) in [6.07, 6.45) is 1.79. The number of aromatic nitrogens is 3. The van der Waals surface area contributed by atoms with Gasteiger partial charge in [-0.15, -0.1) is 16.8 Å². The molecule has 1 amide bonds. The van der Waals surface area contributed by atoms with Crippen molar-refractivity contribution >= 4 is 35.0 Å². The third-order valence-electron chi connectivity index (χ3n) is 3.82. The fourth-order valence-electron chi connectivity index (χ4n) is 2.46. The number of halogens is 1. The van der Waals surface area contributed by atoms with Gasteiger partial charge in [0.15, 0.2) is 11.0 Å². The van der Waals surface area contributed by atoms with Crippen molar-refractivity contribution in [1.29, 1.82) is 0 Å². The molecule has 0 aliphatic heterocycles. The second-order valence-corrected chi connectivity index (χ2v) is 7.57. The molecule has 0 saturated carbocycles. The highest BCUT2D eigenvalue weighted by molar-refractivity contribution is 8.00. The Labute approximate surface area is 167 Å². The molecule has 0 unspecified atom stereocenters. The van der Waals surface area contributed by atoms with E-state index in [4.69, 9.17) is 11.6 Å². The van der Waals surface area contributed by atoms with Gasteiger partial charge in [-0.3, -0.25) is 9.36 Å². The number of hydrogen-bond acceptors (Lipinski definition) is 4. The van der Waals surface area contributed by atoms with Crippen LogP contribution in [0.3, 0.4) is 0 Å². The molecule has 1 atom stereocenters. The highest BCUT2D eigenvalue weighted by Gasteiger charge is 2.20. The predicted octanol–water partition coefficient (Wildman–Crippen LogP) is 4.90. The average Bonchev–Trinajstić information content (AvgIpc) is 3.07. The normalized spacial score (nSPS) is 11.8. The smallest absolute Gasteiger partial charge is 0.237 e. The molecule has 3 aromatic rings. The molecule has 138 valence electrons. The van der Waals surface area contributed by atoms with Crippen LogP contribution in [0.15, 0.2) is 72.4 Å². The van der Waals surface area contributed by atoms with Crippen LogP contribution in [0.1, 0.15) is 6.92 Å². The number of anilines is 1. The Kier molecular flexibility index (Phi) is 6.32. The van der Waals surface area contributed by atoms with Gasteiger partial charge in [-0.1, -0.05) is 59.8 Å². The van der Waals surface area contributed by atoms with Gasteiger partial charge in [-0.2, -0.15) is 0 Å². The highest BCUT2D eigenvalue weighted by atomic mass is 35.5. The van der Waals surface area contributed by atoms with E-state index in [2.05, 4.69) is 22.1 Å². The summed E-state index contributed by atoms with van der Waals surface area (Å²) >= 11 is 7.23. The minimum atomic E-state index is -0.350. The van der Waals surface area contributed by atoms with Gasteiger partial charge in [0, 0.05) is 22.8 Å². The number of thioether (sulfide) groups is 1. The van der Waals surface area contributed by atoms with E-state index in [0.717, 1.165) is 11.4 Å². The number of rotatable bonds is 7. The van der Waals surface area contributed by atoms with E-state index >= 15 is 0 Å². The molecule has 5 nitrogen and oxygen atoms in total. The Bertz CT molecular complexity index is 925. The van der Waals surface area contributed by atoms with Crippen molar-refractivity contribution in [2.24, 2.45) is 0 Å². The van der Waals surface area contributed by atoms with Crippen molar-refractivity contribution in [3.05, 3.63) is 72.3 Å². The maximum Gasteiger partial charge on any atom is 0.237 e. The standard InChI is InChI=1S/C20H19ClN4OS/c1-3-13-25-18(15-7-5-4-6-8-15)23-24-20(25)27-14(2)19(26)22-17-11-9-16(21)10-12-17/h3-12,14H,1,13H2,2H3,(H,22,26)/t14-/m0/s1. The number of carbonyl (C=O) groups excluding carboxylic acids is 1. The summed E-state index contributed by atoms with van der Waals surface area (Å²) in [5, 5.41) is 12.4. The maximum absolute atomic E-state index is 12.5. The topological polar surface area (TPSA) is 59.8 Å². The Balaban J connectivity index is 1.76. The largest absolute Gasteiger partial charge is 0.325 e. The summed E-state index contributed by atoms with van der Waals surface area (Å²) in [6.45, 7) is 6.21. The lowest BCUT2D eigenvalue weighted by Gasteiger charge is -2.13. The third kappa shape index (κ3) is 4.78. The van der Waals surface area contributed by atoms with Gasteiger partial charge < -0.3 is 5.32 Å². The van der Waals surface area contributed by atoms with E-state index in [-0.39, 0.29) is 11.2 Å². The number of amides is 1. The first-order valence-electron chi connectivity index (χ1n) is 8.41. The highest BCUT2D eigenvalue weighted by Crippen LogP contribution is 2.27. The van der Waals surface area contributed by atoms with Gasteiger partial charge in [0.05, 0.1) is 5.25 Å². The van der Waals surface area contributed by atoms with Crippen LogP contribution in [-0.4, -0.2) is 25.9 Å². The fraction of sp³-hybridized carbons (Fsp3) is 0.150. The molecule has 0 saturated heterocycles. The van der Waals surface area contributed by atoms with E-state index in [1.54, 1.807) is 30.3 Å². The lowest BCUT2D eigenvalue weighted by molar-refractivity contribution is -0.115. The van der Waals surface area contributed by atoms with E-state index in [9.17, 15) is 4.79 Å². The molecule has 0 fully saturated rings. The van der Waals surface area contributed by atoms with Gasteiger partial charge in [0.2, 0.25) is 5.91 Å². The quantitative estimate of drug-likeness (QED) is 0.454. The molecular weight excluding hydrogens is 380 g/mol. The van der Waals surface area contributed by atoms with Gasteiger partial charge in [-0.25, -0.2) is 0 Å². The van der Waals surface area contributed by atoms with Gasteiger partial charge >= 0.3 is 0 Å². The zero-order valence-corrected chi connectivity index (χ0v) is 16.4. The third-order valence-corrected chi connectivity index (χ3v) is 5.16. The minimum Gasteiger partial charge on any atom is -0.325 e. The molecule has 3 rings (SSSR count). The Morgan fingerprint density at radius 3 is 2.59 bits per heavy atom. The maximum atomic E-state index is 12.5. The number of nitrogens with zero attached hydrogens (tertiary/aromatic N) is 3. The number of hydrogen-bond donors (Lipinski definition) is 1. The zero-order chi connectivity index (χ0) is 19.2. The second kappa shape index (κ2) is 8.88. The first-order chi connectivity index (χ1) is 13.1. The number of nitrogens with one attached hydrogen (secondary N) is 1. The van der Waals surface area contributed by atoms with Crippen LogP contribution in [-0.2, 0) is 11.3 Å². The molecule has 0 aliphatic rings. The van der Waals surface area contributed by atoms with Crippen molar-refractivity contribution in [2.75, 3.05) is 5.32 Å². The summed E-state index contributed by atoms with van der Waals surface area (Å²) in [5.41, 5.74) is 1.67. The summed E-state index contributed by atoms with van der Waals surface area (Å²) in [5.74, 6) is 0.639. The van der Waals surface area contributed by atoms with Crippen molar-refractivity contribution < 1.29 is 4.79 Å². The van der Waals surface area contributed by atoms with Crippen molar-refractivity contribution in [3.63, 3.8) is 0 Å². The Morgan fingerprint density at radius 1 is 1.22 bits per heavy atom. The summed E-state index contributed by atoms with van der Waals surface area (Å²) < 4.78 is 1.96. The van der Waals surface area contributed by atoms with Gasteiger partial charge in [-0.05, 0) is 31.2 Å². The van der Waals surface area contributed by atoms with Crippen LogP contribution >= 0.6 is 23.4 Å². The number of allylic oxidation sites excluding steroid dienone is 1. The molecule has 0 aliphatic carbocycles. The van der Waals surface area contributed by atoms with Gasteiger partial charge in [0.25, 0.3) is 0 Å². The summed E-state index contributed by atoms with van der Waals surface area (Å²) in [6, 6.07) is 16.8. The molecule has 2 aromatic carbocycles. The van der Waals surface area contributed by atoms with Crippen LogP contribution in [0.2, 0.25) is 5.02 Å². The van der Waals surface area contributed by atoms with E-state index in [0.29, 0.717) is 22.4 Å². The minimum absolute atomic E-state index is 0.114. The molecule has 7 heteroatoms. The van der Waals surface area contributed by atoms with Crippen molar-refractivity contribution in [1.82, 2.24) is 14.8 Å². The molecule has 0 bridgehead atoms. The SMILES string of the molecule is C=CCn1c(S[C@@H](C)C(=O)Nc2ccc(Cl)cc2)nnc1-c1ccccc1. The van der Waals surface area contributed by atoms with Crippen LogP contribution in [0.4, 0.5) is 5.69 Å². The first kappa shape index (κ1) is 19.2. The van der Waals surface area contributed by atoms with Gasteiger partial charge in [0.1, 0.15) is 0 Å². The van der Waals surface area contributed by atoms with E-state index < -0.39 is 0 Å². The second-order valence-electron chi connectivity index (χ2n) is 5.83. The van der Waals surface area contributed by atoms with Crippen LogP contribution in [0.5, 0.6) is 0 Å². The molecule has 0 radical (unpaired) electrons. The molecule has 0 spiro atoms. The summed E-state index contributed by atoms with van der Waals surface area (Å²) in [4.78, 5) is 12.5. The van der Waals surface area contributed by atoms with Crippen molar-refractivity contribution in [2.45, 2.75) is 23.9 Å². The predicted molar refractivity (Wildman–Crippen MR) is 111 cm³/mol. The Hall–Kier alpha value is -2.57. The van der Waals surface area contributed by atoms with Crippen LogP contribution in [0.25, 0.3) is 11.4 Å². The zero-order valence-electron chi connectivity index (χ0n) is 14.8. The lowest BCUT2D eigenvalue weighted by Crippen LogP contribution is -2.22. The molecule has 1 N–H and O–H groups in total. The monoisotopic (exact) mass is 398 g/mol. The molecule has 27 heavy (non-hydrogen) atoms. The average molecular weight is 399 g/mol. The number of benzene rings is 2. The van der Waals surface area contributed by atoms with Crippen LogP contribution < -0.4 is 5.32 Å². The molecule has 1 heterocycles. The summed E-state index contributed by atoms with van der Waals surface area (Å²) in [7, 11) is 0. The first-order valence-corrected chi connectivity index (χ1v) is 9.67. The lowest BCUT2D eigenvalue weighted by atomic mass is 10.2. The molecular formula is C20H19ClN4OS.